The van der Waals surface area contributed by atoms with E-state index in [4.69, 9.17) is 9.47 Å². The molecule has 0 heterocycles. The Balaban J connectivity index is 2.12. The summed E-state index contributed by atoms with van der Waals surface area (Å²) in [5, 5.41) is 9.42. The summed E-state index contributed by atoms with van der Waals surface area (Å²) in [6, 6.07) is 13.6. The molecule has 0 saturated carbocycles. The van der Waals surface area contributed by atoms with Crippen LogP contribution in [0, 0.1) is 0 Å². The summed E-state index contributed by atoms with van der Waals surface area (Å²) in [7, 11) is 1.58. The van der Waals surface area contributed by atoms with Gasteiger partial charge in [0.05, 0.1) is 19.3 Å². The molecule has 31 heavy (non-hydrogen) atoms. The summed E-state index contributed by atoms with van der Waals surface area (Å²) in [5.74, 6) is 2.02. The number of benzene rings is 2. The largest absolute Gasteiger partial charge is 0.495 e. The number of anilines is 1. The summed E-state index contributed by atoms with van der Waals surface area (Å²) < 4.78 is 11.4. The molecule has 3 N–H and O–H groups in total. The van der Waals surface area contributed by atoms with E-state index in [9.17, 15) is 4.79 Å². The predicted octanol–water partition coefficient (Wildman–Crippen LogP) is 4.09. The minimum Gasteiger partial charge on any atom is -0.495 e. The number of carbonyl (C=O) groups excluding carboxylic acids is 1. The van der Waals surface area contributed by atoms with Gasteiger partial charge in [0.15, 0.2) is 5.96 Å². The Kier molecular flexibility index (Phi) is 8.73. The van der Waals surface area contributed by atoms with Gasteiger partial charge in [-0.05, 0) is 51.5 Å². The highest BCUT2D eigenvalue weighted by molar-refractivity contribution is 5.90. The number of methoxy groups -OCH3 is 1. The zero-order valence-electron chi connectivity index (χ0n) is 19.3. The number of amides is 1. The van der Waals surface area contributed by atoms with E-state index in [-0.39, 0.29) is 11.5 Å². The second kappa shape index (κ2) is 11.2. The minimum absolute atomic E-state index is 0.148. The second-order valence-corrected chi connectivity index (χ2v) is 8.09. The van der Waals surface area contributed by atoms with Gasteiger partial charge in [-0.25, -0.2) is 4.99 Å². The van der Waals surface area contributed by atoms with Gasteiger partial charge in [-0.15, -0.1) is 0 Å². The predicted molar refractivity (Wildman–Crippen MR) is 126 cm³/mol. The van der Waals surface area contributed by atoms with Crippen LogP contribution in [0.25, 0.3) is 0 Å². The number of guanidine groups is 1. The lowest BCUT2D eigenvalue weighted by molar-refractivity contribution is -0.114. The summed E-state index contributed by atoms with van der Waals surface area (Å²) in [6.07, 6.45) is 0. The fourth-order valence-electron chi connectivity index (χ4n) is 2.91. The molecule has 0 bridgehead atoms. The first-order valence-electron chi connectivity index (χ1n) is 10.5. The quantitative estimate of drug-likeness (QED) is 0.437. The topological polar surface area (TPSA) is 84.0 Å². The van der Waals surface area contributed by atoms with E-state index in [1.807, 2.05) is 70.2 Å². The van der Waals surface area contributed by atoms with Crippen LogP contribution in [-0.4, -0.2) is 31.1 Å². The minimum atomic E-state index is -0.269. The molecule has 1 amide bonds. The van der Waals surface area contributed by atoms with E-state index in [0.717, 1.165) is 23.4 Å². The van der Waals surface area contributed by atoms with Crippen LogP contribution >= 0.6 is 0 Å². The van der Waals surface area contributed by atoms with Crippen molar-refractivity contribution in [2.45, 2.75) is 53.3 Å². The molecule has 0 saturated heterocycles. The molecule has 0 atom stereocenters. The maximum Gasteiger partial charge on any atom is 0.221 e. The molecule has 0 aliphatic heterocycles. The number of para-hydroxylation sites is 1. The summed E-state index contributed by atoms with van der Waals surface area (Å²) in [6.45, 7) is 11.4. The molecule has 2 aromatic rings. The molecule has 7 heteroatoms. The zero-order valence-corrected chi connectivity index (χ0v) is 19.3. The van der Waals surface area contributed by atoms with Gasteiger partial charge in [0.25, 0.3) is 0 Å². The van der Waals surface area contributed by atoms with Crippen molar-refractivity contribution in [3.8, 4) is 11.5 Å². The molecule has 2 aromatic carbocycles. The maximum atomic E-state index is 11.5. The number of nitrogens with zero attached hydrogens (tertiary/aromatic N) is 1. The van der Waals surface area contributed by atoms with E-state index in [1.165, 1.54) is 6.92 Å². The summed E-state index contributed by atoms with van der Waals surface area (Å²) in [4.78, 5) is 16.1. The third-order valence-corrected chi connectivity index (χ3v) is 4.17. The molecule has 0 radical (unpaired) electrons. The normalized spacial score (nSPS) is 11.6. The van der Waals surface area contributed by atoms with Gasteiger partial charge in [0, 0.05) is 25.6 Å². The van der Waals surface area contributed by atoms with Crippen LogP contribution in [0.4, 0.5) is 5.69 Å². The van der Waals surface area contributed by atoms with Gasteiger partial charge in [0.1, 0.15) is 17.1 Å². The Morgan fingerprint density at radius 1 is 1.06 bits per heavy atom. The number of carbonyl (C=O) groups is 1. The number of aliphatic imine (C=N–C) groups is 1. The molecule has 0 spiro atoms. The lowest BCUT2D eigenvalue weighted by Crippen LogP contribution is -2.37. The average molecular weight is 427 g/mol. The zero-order chi connectivity index (χ0) is 22.9. The molecule has 0 aliphatic rings. The van der Waals surface area contributed by atoms with Crippen molar-refractivity contribution >= 4 is 17.6 Å². The van der Waals surface area contributed by atoms with Gasteiger partial charge in [-0.1, -0.05) is 24.3 Å². The van der Waals surface area contributed by atoms with Crippen molar-refractivity contribution in [3.63, 3.8) is 0 Å². The van der Waals surface area contributed by atoms with Crippen molar-refractivity contribution in [2.75, 3.05) is 19.0 Å². The Hall–Kier alpha value is -3.22. The van der Waals surface area contributed by atoms with Crippen LogP contribution in [0.2, 0.25) is 0 Å². The second-order valence-electron chi connectivity index (χ2n) is 8.09. The average Bonchev–Trinajstić information content (AvgIpc) is 2.69. The van der Waals surface area contributed by atoms with Crippen LogP contribution < -0.4 is 25.4 Å². The van der Waals surface area contributed by atoms with E-state index >= 15 is 0 Å². The lowest BCUT2D eigenvalue weighted by Gasteiger charge is -2.23. The summed E-state index contributed by atoms with van der Waals surface area (Å²) >= 11 is 0. The fourth-order valence-corrected chi connectivity index (χ4v) is 2.91. The lowest BCUT2D eigenvalue weighted by atomic mass is 10.1. The van der Waals surface area contributed by atoms with Crippen LogP contribution in [-0.2, 0) is 17.9 Å². The molecule has 0 aliphatic carbocycles. The van der Waals surface area contributed by atoms with Gasteiger partial charge in [-0.3, -0.25) is 4.79 Å². The van der Waals surface area contributed by atoms with Gasteiger partial charge < -0.3 is 25.4 Å². The third kappa shape index (κ3) is 8.20. The highest BCUT2D eigenvalue weighted by atomic mass is 16.5. The number of hydrogen-bond acceptors (Lipinski definition) is 4. The number of rotatable bonds is 8. The standard InChI is InChI=1S/C24H34N4O3/c1-7-25-23(27-16-19-10-8-9-11-21(19)31-24(3,4)5)26-15-18-12-13-22(30-6)20(14-18)28-17(2)29/h8-14H,7,15-16H2,1-6H3,(H,28,29)(H2,25,26,27). The van der Waals surface area contributed by atoms with Gasteiger partial charge >= 0.3 is 0 Å². The smallest absolute Gasteiger partial charge is 0.221 e. The van der Waals surface area contributed by atoms with Crippen LogP contribution in [0.15, 0.2) is 47.5 Å². The van der Waals surface area contributed by atoms with E-state index < -0.39 is 0 Å². The Morgan fingerprint density at radius 3 is 2.45 bits per heavy atom. The first kappa shape index (κ1) is 24.1. The molecule has 168 valence electrons. The molecule has 7 nitrogen and oxygen atoms in total. The Morgan fingerprint density at radius 2 is 1.81 bits per heavy atom. The van der Waals surface area contributed by atoms with Gasteiger partial charge in [-0.2, -0.15) is 0 Å². The van der Waals surface area contributed by atoms with E-state index in [1.54, 1.807) is 7.11 Å². The molecule has 0 fully saturated rings. The number of hydrogen-bond donors (Lipinski definition) is 3. The van der Waals surface area contributed by atoms with Crippen LogP contribution in [0.3, 0.4) is 0 Å². The highest BCUT2D eigenvalue weighted by Gasteiger charge is 2.14. The van der Waals surface area contributed by atoms with E-state index in [2.05, 4.69) is 20.9 Å². The fraction of sp³-hybridized carbons (Fsp3) is 0.417. The summed E-state index contributed by atoms with van der Waals surface area (Å²) in [5.41, 5.74) is 2.38. The molecule has 2 rings (SSSR count). The number of nitrogens with one attached hydrogen (secondary N) is 3. The Bertz CT molecular complexity index is 904. The molecular weight excluding hydrogens is 392 g/mol. The van der Waals surface area contributed by atoms with Crippen molar-refractivity contribution < 1.29 is 14.3 Å². The van der Waals surface area contributed by atoms with Crippen molar-refractivity contribution in [1.82, 2.24) is 10.6 Å². The van der Waals surface area contributed by atoms with Gasteiger partial charge in [0.2, 0.25) is 5.91 Å². The molecular formula is C24H34N4O3. The van der Waals surface area contributed by atoms with E-state index in [0.29, 0.717) is 30.5 Å². The Labute approximate surface area is 185 Å². The number of ether oxygens (including phenoxy) is 2. The molecule has 0 unspecified atom stereocenters. The van der Waals surface area contributed by atoms with Crippen LogP contribution in [0.1, 0.15) is 45.7 Å². The molecule has 0 aromatic heterocycles. The first-order valence-corrected chi connectivity index (χ1v) is 10.5. The van der Waals surface area contributed by atoms with Crippen LogP contribution in [0.5, 0.6) is 11.5 Å². The maximum absolute atomic E-state index is 11.5. The first-order chi connectivity index (χ1) is 14.7. The third-order valence-electron chi connectivity index (χ3n) is 4.17. The SMILES string of the molecule is CCNC(=NCc1ccc(OC)c(NC(C)=O)c1)NCc1ccccc1OC(C)(C)C. The van der Waals surface area contributed by atoms with Crippen molar-refractivity contribution in [3.05, 3.63) is 53.6 Å². The van der Waals surface area contributed by atoms with Crippen molar-refractivity contribution in [1.29, 1.82) is 0 Å². The highest BCUT2D eigenvalue weighted by Crippen LogP contribution is 2.26. The monoisotopic (exact) mass is 426 g/mol. The van der Waals surface area contributed by atoms with Crippen molar-refractivity contribution in [2.24, 2.45) is 4.99 Å².